The predicted octanol–water partition coefficient (Wildman–Crippen LogP) is 7.11. The lowest BCUT2D eigenvalue weighted by Gasteiger charge is -2.56. The minimum atomic E-state index is -1.95. The molecule has 2 amide bonds. The predicted molar refractivity (Wildman–Crippen MR) is 158 cm³/mol. The highest BCUT2D eigenvalue weighted by Crippen LogP contribution is 2.60. The number of esters is 2. The Balaban J connectivity index is 2.16. The number of nitrogens with zero attached hydrogens (tertiary/aromatic N) is 1. The van der Waals surface area contributed by atoms with Gasteiger partial charge in [0.05, 0.1) is 18.6 Å². The maximum absolute atomic E-state index is 13.5. The molecule has 1 fully saturated rings. The lowest BCUT2D eigenvalue weighted by atomic mass is 9.49. The monoisotopic (exact) mass is 708 g/mol. The van der Waals surface area contributed by atoms with Crippen molar-refractivity contribution in [3.63, 3.8) is 0 Å². The molecule has 10 nitrogen and oxygen atoms in total. The number of ether oxygens (including phenoxy) is 4. The van der Waals surface area contributed by atoms with Crippen molar-refractivity contribution in [1.82, 2.24) is 10.4 Å². The molecular weight excluding hydrogens is 681 g/mol. The van der Waals surface area contributed by atoms with Crippen LogP contribution in [0.1, 0.15) is 63.6 Å². The number of nitrogens with one attached hydrogen (secondary N) is 1. The van der Waals surface area contributed by atoms with Gasteiger partial charge in [0.2, 0.25) is 7.59 Å². The van der Waals surface area contributed by atoms with E-state index in [0.717, 1.165) is 5.01 Å². The number of alkyl halides is 6. The summed E-state index contributed by atoms with van der Waals surface area (Å²) in [5, 5.41) is 0.882. The number of hydrazine groups is 1. The molecule has 0 spiro atoms. The summed E-state index contributed by atoms with van der Waals surface area (Å²) >= 11 is 34.5. The van der Waals surface area contributed by atoms with E-state index in [1.165, 1.54) is 14.0 Å². The number of carbonyl (C=O) groups is 4. The Kier molecular flexibility index (Phi) is 11.0. The smallest absolute Gasteiger partial charge is 0.429 e. The summed E-state index contributed by atoms with van der Waals surface area (Å²) in [4.78, 5) is 51.2. The summed E-state index contributed by atoms with van der Waals surface area (Å²) in [7, 11) is 1.31. The molecule has 16 heteroatoms. The van der Waals surface area contributed by atoms with E-state index < -0.39 is 67.7 Å². The van der Waals surface area contributed by atoms with E-state index in [0.29, 0.717) is 30.4 Å². The summed E-state index contributed by atoms with van der Waals surface area (Å²) in [6, 6.07) is 4.00. The van der Waals surface area contributed by atoms with Gasteiger partial charge < -0.3 is 18.9 Å². The number of rotatable bonds is 5. The van der Waals surface area contributed by atoms with E-state index in [2.05, 4.69) is 5.43 Å². The maximum atomic E-state index is 13.5. The fraction of sp³-hybridized carbons (Fsp3) is 0.615. The molecular formula is C26H30Cl6N2O8. The first-order chi connectivity index (χ1) is 19.3. The van der Waals surface area contributed by atoms with Gasteiger partial charge in [-0.25, -0.2) is 20.0 Å². The zero-order valence-corrected chi connectivity index (χ0v) is 27.6. The summed E-state index contributed by atoms with van der Waals surface area (Å²) in [5.41, 5.74) is 2.05. The minimum absolute atomic E-state index is 0.176. The molecule has 0 heterocycles. The van der Waals surface area contributed by atoms with Crippen LogP contribution in [0.4, 0.5) is 9.59 Å². The average Bonchev–Trinajstić information content (AvgIpc) is 2.87. The molecule has 1 N–H and O–H groups in total. The van der Waals surface area contributed by atoms with E-state index in [1.807, 2.05) is 13.8 Å². The molecule has 234 valence electrons. The molecule has 0 bridgehead atoms. The van der Waals surface area contributed by atoms with Gasteiger partial charge in [0.1, 0.15) is 19.0 Å². The van der Waals surface area contributed by atoms with E-state index in [4.69, 9.17) is 88.6 Å². The lowest BCUT2D eigenvalue weighted by Crippen LogP contribution is -2.57. The van der Waals surface area contributed by atoms with Crippen LogP contribution in [0.5, 0.6) is 5.75 Å². The first-order valence-electron chi connectivity index (χ1n) is 12.7. The van der Waals surface area contributed by atoms with Crippen molar-refractivity contribution in [3.8, 4) is 5.75 Å². The number of methoxy groups -OCH3 is 1. The molecule has 1 aromatic carbocycles. The van der Waals surface area contributed by atoms with E-state index in [9.17, 15) is 19.2 Å². The van der Waals surface area contributed by atoms with Gasteiger partial charge in [0.15, 0.2) is 0 Å². The first kappa shape index (κ1) is 34.9. The van der Waals surface area contributed by atoms with Crippen molar-refractivity contribution >= 4 is 93.7 Å². The summed E-state index contributed by atoms with van der Waals surface area (Å²) in [6.07, 6.45) is -0.150. The first-order valence-corrected chi connectivity index (χ1v) is 15.0. The van der Waals surface area contributed by atoms with Crippen LogP contribution in [-0.4, -0.2) is 57.0 Å². The van der Waals surface area contributed by atoms with E-state index in [-0.39, 0.29) is 12.2 Å². The Labute approximate surface area is 273 Å². The van der Waals surface area contributed by atoms with Gasteiger partial charge in [-0.05, 0) is 60.8 Å². The zero-order chi connectivity index (χ0) is 31.7. The third kappa shape index (κ3) is 8.12. The number of carbonyl (C=O) groups excluding carboxylic acids is 4. The third-order valence-corrected chi connectivity index (χ3v) is 8.40. The topological polar surface area (TPSA) is 120 Å². The summed E-state index contributed by atoms with van der Waals surface area (Å²) < 4.78 is 16.9. The standard InChI is InChI=1S/C26H30Cl6N2O8/c1-14(35)42-15-6-7-16-17(10-15)23(2)8-5-9-24(3,20(36)39-4)19(23)11-18(16)34(22(38)41-13-26(30,31)32)33-21(37)40-12-25(27,28)29/h6-7,10,18-19H,5,8-9,11-13H2,1-4H3,(H,33,37)/t18-,19-,23-,24+/m1/s1. The Hall–Kier alpha value is -1.56. The molecule has 1 saturated carbocycles. The van der Waals surface area contributed by atoms with E-state index >= 15 is 0 Å². The Bertz CT molecular complexity index is 1220. The molecule has 3 rings (SSSR count). The third-order valence-electron chi connectivity index (χ3n) is 7.75. The van der Waals surface area contributed by atoms with Crippen LogP contribution in [0, 0.1) is 11.3 Å². The van der Waals surface area contributed by atoms with Crippen LogP contribution < -0.4 is 10.2 Å². The molecule has 0 aliphatic heterocycles. The van der Waals surface area contributed by atoms with Gasteiger partial charge in [-0.15, -0.1) is 0 Å². The van der Waals surface area contributed by atoms with E-state index in [1.54, 1.807) is 18.2 Å². The minimum Gasteiger partial charge on any atom is -0.469 e. The van der Waals surface area contributed by atoms with Gasteiger partial charge >= 0.3 is 24.1 Å². The second-order valence-electron chi connectivity index (χ2n) is 10.7. The SMILES string of the molecule is COC(=O)[C@@]1(C)CCC[C@]2(C)c3cc(OC(C)=O)ccc3[C@H](N(NC(=O)OCC(Cl)(Cl)Cl)C(=O)OCC(Cl)(Cl)Cl)C[C@@H]12. The number of halogens is 6. The fourth-order valence-electron chi connectivity index (χ4n) is 6.08. The normalized spacial score (nSPS) is 25.3. The number of benzene rings is 1. The Morgan fingerprint density at radius 3 is 2.19 bits per heavy atom. The van der Waals surface area contributed by atoms with Crippen molar-refractivity contribution in [2.75, 3.05) is 20.3 Å². The molecule has 0 saturated heterocycles. The van der Waals surface area contributed by atoms with Crippen LogP contribution in [0.3, 0.4) is 0 Å². The second-order valence-corrected chi connectivity index (χ2v) is 15.7. The van der Waals surface area contributed by atoms with Crippen molar-refractivity contribution in [1.29, 1.82) is 0 Å². The highest BCUT2D eigenvalue weighted by Gasteiger charge is 2.58. The summed E-state index contributed by atoms with van der Waals surface area (Å²) in [5.74, 6) is -1.09. The molecule has 2 aliphatic carbocycles. The van der Waals surface area contributed by atoms with Gasteiger partial charge in [-0.3, -0.25) is 9.59 Å². The Morgan fingerprint density at radius 1 is 1.00 bits per heavy atom. The number of fused-ring (bicyclic) bond motifs is 3. The molecule has 0 radical (unpaired) electrons. The van der Waals surface area contributed by atoms with Crippen molar-refractivity contribution < 1.29 is 38.1 Å². The average molecular weight is 711 g/mol. The fourth-order valence-corrected chi connectivity index (χ4v) is 6.41. The molecule has 4 atom stereocenters. The van der Waals surface area contributed by atoms with Crippen molar-refractivity contribution in [3.05, 3.63) is 29.3 Å². The largest absolute Gasteiger partial charge is 0.469 e. The highest BCUT2D eigenvalue weighted by molar-refractivity contribution is 6.68. The van der Waals surface area contributed by atoms with Gasteiger partial charge in [-0.1, -0.05) is 89.0 Å². The number of amides is 2. The number of hydrogen-bond donors (Lipinski definition) is 1. The maximum Gasteiger partial charge on any atom is 0.429 e. The zero-order valence-electron chi connectivity index (χ0n) is 23.1. The lowest BCUT2D eigenvalue weighted by molar-refractivity contribution is -0.162. The molecule has 0 aromatic heterocycles. The van der Waals surface area contributed by atoms with Crippen molar-refractivity contribution in [2.24, 2.45) is 11.3 Å². The quantitative estimate of drug-likeness (QED) is 0.113. The molecule has 0 unspecified atom stereocenters. The Morgan fingerprint density at radius 2 is 1.62 bits per heavy atom. The molecule has 1 aromatic rings. The van der Waals surface area contributed by atoms with Crippen molar-refractivity contribution in [2.45, 2.75) is 65.5 Å². The van der Waals surface area contributed by atoms with Crippen LogP contribution >= 0.6 is 69.6 Å². The van der Waals surface area contributed by atoms with Gasteiger partial charge in [-0.2, -0.15) is 0 Å². The van der Waals surface area contributed by atoms with Crippen LogP contribution in [-0.2, 0) is 29.2 Å². The second kappa shape index (κ2) is 13.2. The van der Waals surface area contributed by atoms with Gasteiger partial charge in [0, 0.05) is 6.92 Å². The number of hydrogen-bond acceptors (Lipinski definition) is 8. The molecule has 42 heavy (non-hydrogen) atoms. The van der Waals surface area contributed by atoms with Crippen LogP contribution in [0.15, 0.2) is 18.2 Å². The van der Waals surface area contributed by atoms with Crippen LogP contribution in [0.2, 0.25) is 0 Å². The summed E-state index contributed by atoms with van der Waals surface area (Å²) in [6.45, 7) is 3.82. The highest BCUT2D eigenvalue weighted by atomic mass is 35.6. The van der Waals surface area contributed by atoms with Crippen LogP contribution in [0.25, 0.3) is 0 Å². The van der Waals surface area contributed by atoms with Gasteiger partial charge in [0.25, 0.3) is 0 Å². The molecule has 2 aliphatic rings.